The Morgan fingerprint density at radius 1 is 1.28 bits per heavy atom. The van der Waals surface area contributed by atoms with Crippen molar-refractivity contribution in [1.82, 2.24) is 10.2 Å². The molecule has 2 aliphatic rings. The van der Waals surface area contributed by atoms with Gasteiger partial charge in [-0.25, -0.2) is 0 Å². The predicted octanol–water partition coefficient (Wildman–Crippen LogP) is 1.52. The number of benzene rings is 1. The van der Waals surface area contributed by atoms with Gasteiger partial charge < -0.3 is 20.5 Å². The van der Waals surface area contributed by atoms with Crippen LogP contribution in [0.3, 0.4) is 0 Å². The first-order chi connectivity index (χ1) is 11.1. The number of halogens is 2. The zero-order valence-corrected chi connectivity index (χ0v) is 16.0. The molecule has 2 fully saturated rings. The number of carbonyl (C=O) groups is 1. The van der Waals surface area contributed by atoms with E-state index in [1.54, 1.807) is 7.11 Å². The molecule has 1 aliphatic carbocycles. The summed E-state index contributed by atoms with van der Waals surface area (Å²) in [7, 11) is 1.66. The van der Waals surface area contributed by atoms with Crippen molar-refractivity contribution in [3.63, 3.8) is 0 Å². The summed E-state index contributed by atoms with van der Waals surface area (Å²) >= 11 is 0. The van der Waals surface area contributed by atoms with Gasteiger partial charge in [0.05, 0.1) is 31.9 Å². The van der Waals surface area contributed by atoms with Crippen LogP contribution in [-0.4, -0.2) is 56.3 Å². The first kappa shape index (κ1) is 22.0. The second-order valence-corrected chi connectivity index (χ2v) is 6.30. The zero-order chi connectivity index (χ0) is 16.3. The van der Waals surface area contributed by atoms with Crippen molar-refractivity contribution >= 4 is 30.7 Å². The SMILES string of the molecule is COc1ccc(C(CNC(=O)C2(N)CC2)N2CCOCC2)cc1.Cl.Cl. The van der Waals surface area contributed by atoms with E-state index >= 15 is 0 Å². The first-order valence-corrected chi connectivity index (χ1v) is 8.15. The van der Waals surface area contributed by atoms with Crippen LogP contribution in [0.1, 0.15) is 24.4 Å². The van der Waals surface area contributed by atoms with Crippen molar-refractivity contribution in [1.29, 1.82) is 0 Å². The molecule has 1 amide bonds. The summed E-state index contributed by atoms with van der Waals surface area (Å²) in [5.41, 5.74) is 6.50. The van der Waals surface area contributed by atoms with E-state index in [1.807, 2.05) is 12.1 Å². The van der Waals surface area contributed by atoms with Gasteiger partial charge in [0, 0.05) is 19.6 Å². The van der Waals surface area contributed by atoms with Crippen LogP contribution in [-0.2, 0) is 9.53 Å². The van der Waals surface area contributed by atoms with Crippen molar-refractivity contribution in [3.8, 4) is 5.75 Å². The number of ether oxygens (including phenoxy) is 2. The normalized spacial score (nSPS) is 19.8. The smallest absolute Gasteiger partial charge is 0.240 e. The van der Waals surface area contributed by atoms with Gasteiger partial charge >= 0.3 is 0 Å². The molecular weight excluding hydrogens is 365 g/mol. The van der Waals surface area contributed by atoms with Gasteiger partial charge in [0.25, 0.3) is 0 Å². The minimum absolute atomic E-state index is 0. The maximum absolute atomic E-state index is 12.1. The van der Waals surface area contributed by atoms with Crippen LogP contribution in [0.25, 0.3) is 0 Å². The van der Waals surface area contributed by atoms with Gasteiger partial charge in [0.15, 0.2) is 0 Å². The molecule has 1 unspecified atom stereocenters. The molecule has 1 aromatic rings. The lowest BCUT2D eigenvalue weighted by Gasteiger charge is -2.35. The third-order valence-corrected chi connectivity index (χ3v) is 4.68. The molecule has 6 nitrogen and oxygen atoms in total. The summed E-state index contributed by atoms with van der Waals surface area (Å²) in [5.74, 6) is 0.793. The Morgan fingerprint density at radius 2 is 1.88 bits per heavy atom. The molecule has 0 radical (unpaired) electrons. The third kappa shape index (κ3) is 5.46. The Morgan fingerprint density at radius 3 is 2.40 bits per heavy atom. The summed E-state index contributed by atoms with van der Waals surface area (Å²) in [6.07, 6.45) is 1.56. The Labute approximate surface area is 161 Å². The molecule has 3 N–H and O–H groups in total. The monoisotopic (exact) mass is 391 g/mol. The number of nitrogens with one attached hydrogen (secondary N) is 1. The number of amides is 1. The van der Waals surface area contributed by atoms with Crippen LogP contribution >= 0.6 is 24.8 Å². The van der Waals surface area contributed by atoms with E-state index in [0.29, 0.717) is 6.54 Å². The lowest BCUT2D eigenvalue weighted by atomic mass is 10.0. The average Bonchev–Trinajstić information content (AvgIpc) is 3.35. The van der Waals surface area contributed by atoms with Crippen LogP contribution in [0.15, 0.2) is 24.3 Å². The van der Waals surface area contributed by atoms with Crippen LogP contribution < -0.4 is 15.8 Å². The molecule has 1 aromatic carbocycles. The number of morpholine rings is 1. The minimum Gasteiger partial charge on any atom is -0.497 e. The van der Waals surface area contributed by atoms with Crippen LogP contribution in [0.2, 0.25) is 0 Å². The van der Waals surface area contributed by atoms with E-state index in [-0.39, 0.29) is 36.8 Å². The molecule has 142 valence electrons. The van der Waals surface area contributed by atoms with Crippen molar-refractivity contribution in [2.24, 2.45) is 5.73 Å². The second kappa shape index (κ2) is 9.59. The van der Waals surface area contributed by atoms with Gasteiger partial charge in [-0.2, -0.15) is 0 Å². The molecular formula is C17H27Cl2N3O3. The summed E-state index contributed by atoms with van der Waals surface area (Å²) < 4.78 is 10.7. The number of carbonyl (C=O) groups excluding carboxylic acids is 1. The quantitative estimate of drug-likeness (QED) is 0.768. The van der Waals surface area contributed by atoms with E-state index < -0.39 is 5.54 Å². The maximum Gasteiger partial charge on any atom is 0.240 e. The fourth-order valence-corrected chi connectivity index (χ4v) is 2.90. The largest absolute Gasteiger partial charge is 0.497 e. The summed E-state index contributed by atoms with van der Waals surface area (Å²) in [6, 6.07) is 8.14. The predicted molar refractivity (Wildman–Crippen MR) is 102 cm³/mol. The molecule has 1 saturated heterocycles. The molecule has 1 atom stereocenters. The Balaban J connectivity index is 0.00000156. The summed E-state index contributed by atoms with van der Waals surface area (Å²) in [4.78, 5) is 14.5. The molecule has 0 bridgehead atoms. The van der Waals surface area contributed by atoms with Gasteiger partial charge in [-0.1, -0.05) is 12.1 Å². The van der Waals surface area contributed by atoms with Gasteiger partial charge in [-0.05, 0) is 30.5 Å². The fraction of sp³-hybridized carbons (Fsp3) is 0.588. The standard InChI is InChI=1S/C17H25N3O3.2ClH/c1-22-14-4-2-13(3-5-14)15(20-8-10-23-11-9-20)12-19-16(21)17(18)6-7-17;;/h2-5,15H,6-12,18H2,1H3,(H,19,21);2*1H. The molecule has 8 heteroatoms. The summed E-state index contributed by atoms with van der Waals surface area (Å²) in [5, 5.41) is 3.03. The van der Waals surface area contributed by atoms with Gasteiger partial charge in [0.1, 0.15) is 5.75 Å². The van der Waals surface area contributed by atoms with Crippen molar-refractivity contribution < 1.29 is 14.3 Å². The lowest BCUT2D eigenvalue weighted by Crippen LogP contribution is -2.48. The molecule has 25 heavy (non-hydrogen) atoms. The number of hydrogen-bond donors (Lipinski definition) is 2. The number of nitrogens with zero attached hydrogens (tertiary/aromatic N) is 1. The highest BCUT2D eigenvalue weighted by molar-refractivity contribution is 5.89. The van der Waals surface area contributed by atoms with Gasteiger partial charge in [0.2, 0.25) is 5.91 Å². The number of methoxy groups -OCH3 is 1. The van der Waals surface area contributed by atoms with E-state index in [1.165, 1.54) is 0 Å². The van der Waals surface area contributed by atoms with E-state index in [0.717, 1.165) is 50.5 Å². The zero-order valence-electron chi connectivity index (χ0n) is 14.4. The first-order valence-electron chi connectivity index (χ1n) is 8.15. The third-order valence-electron chi connectivity index (χ3n) is 4.68. The molecule has 1 saturated carbocycles. The summed E-state index contributed by atoms with van der Waals surface area (Å²) in [6.45, 7) is 3.73. The average molecular weight is 392 g/mol. The molecule has 0 spiro atoms. The van der Waals surface area contributed by atoms with E-state index in [2.05, 4.69) is 22.3 Å². The second-order valence-electron chi connectivity index (χ2n) is 6.30. The highest BCUT2D eigenvalue weighted by Crippen LogP contribution is 2.32. The number of hydrogen-bond acceptors (Lipinski definition) is 5. The number of nitrogens with two attached hydrogens (primary N) is 1. The maximum atomic E-state index is 12.1. The molecule has 1 aliphatic heterocycles. The molecule has 1 heterocycles. The van der Waals surface area contributed by atoms with Gasteiger partial charge in [-0.3, -0.25) is 9.69 Å². The minimum atomic E-state index is -0.629. The fourth-order valence-electron chi connectivity index (χ4n) is 2.90. The Kier molecular flexibility index (Phi) is 8.44. The molecule has 0 aromatic heterocycles. The Hall–Kier alpha value is -1.05. The highest BCUT2D eigenvalue weighted by atomic mass is 35.5. The van der Waals surface area contributed by atoms with Crippen LogP contribution in [0, 0.1) is 0 Å². The Bertz CT molecular complexity index is 547. The van der Waals surface area contributed by atoms with E-state index in [9.17, 15) is 4.79 Å². The highest BCUT2D eigenvalue weighted by Gasteiger charge is 2.46. The topological polar surface area (TPSA) is 76.8 Å². The number of rotatable bonds is 6. The molecule has 3 rings (SSSR count). The van der Waals surface area contributed by atoms with Crippen molar-refractivity contribution in [2.75, 3.05) is 40.0 Å². The van der Waals surface area contributed by atoms with Crippen LogP contribution in [0.5, 0.6) is 5.75 Å². The van der Waals surface area contributed by atoms with Crippen molar-refractivity contribution in [3.05, 3.63) is 29.8 Å². The van der Waals surface area contributed by atoms with E-state index in [4.69, 9.17) is 15.2 Å². The lowest BCUT2D eigenvalue weighted by molar-refractivity contribution is -0.123. The van der Waals surface area contributed by atoms with Crippen LogP contribution in [0.4, 0.5) is 0 Å². The van der Waals surface area contributed by atoms with Gasteiger partial charge in [-0.15, -0.1) is 24.8 Å². The van der Waals surface area contributed by atoms with Crippen molar-refractivity contribution in [2.45, 2.75) is 24.4 Å².